The lowest BCUT2D eigenvalue weighted by atomic mass is 10.00. The van der Waals surface area contributed by atoms with E-state index >= 15 is 0 Å². The summed E-state index contributed by atoms with van der Waals surface area (Å²) in [6.07, 6.45) is 2.13. The molecule has 1 saturated heterocycles. The highest BCUT2D eigenvalue weighted by Crippen LogP contribution is 2.23. The van der Waals surface area contributed by atoms with E-state index < -0.39 is 5.97 Å². The Morgan fingerprint density at radius 1 is 1.47 bits per heavy atom. The lowest BCUT2D eigenvalue weighted by molar-refractivity contribution is 0.0701. The monoisotopic (exact) mass is 283 g/mol. The molecule has 2 N–H and O–H groups in total. The molecular weight excluding hydrogens is 266 g/mol. The zero-order valence-corrected chi connectivity index (χ0v) is 11.5. The Balaban J connectivity index is 1.88. The molecule has 104 valence electrons. The van der Waals surface area contributed by atoms with Crippen LogP contribution in [0.25, 0.3) is 0 Å². The number of carboxylic acid groups (broad SMARTS) is 1. The number of rotatable bonds is 5. The first-order chi connectivity index (χ1) is 9.11. The van der Waals surface area contributed by atoms with Crippen molar-refractivity contribution in [3.63, 3.8) is 0 Å². The molecule has 5 nitrogen and oxygen atoms in total. The van der Waals surface area contributed by atoms with Crippen molar-refractivity contribution in [2.45, 2.75) is 25.9 Å². The first-order valence-corrected chi connectivity index (χ1v) is 7.16. The van der Waals surface area contributed by atoms with Gasteiger partial charge in [-0.2, -0.15) is 0 Å². The molecule has 0 saturated carbocycles. The third-order valence-electron chi connectivity index (χ3n) is 3.31. The van der Waals surface area contributed by atoms with Crippen molar-refractivity contribution < 1.29 is 19.4 Å². The van der Waals surface area contributed by atoms with Crippen LogP contribution in [-0.2, 0) is 4.74 Å². The molecule has 2 rings (SSSR count). The number of nitrogens with one attached hydrogen (secondary N) is 1. The molecule has 0 aromatic carbocycles. The molecule has 0 aliphatic carbocycles. The second-order valence-corrected chi connectivity index (χ2v) is 5.63. The van der Waals surface area contributed by atoms with Gasteiger partial charge in [0.15, 0.2) is 0 Å². The van der Waals surface area contributed by atoms with Gasteiger partial charge < -0.3 is 15.2 Å². The van der Waals surface area contributed by atoms with Crippen molar-refractivity contribution >= 4 is 23.2 Å². The summed E-state index contributed by atoms with van der Waals surface area (Å²) in [6.45, 7) is 3.40. The van der Waals surface area contributed by atoms with Crippen LogP contribution in [0.4, 0.5) is 0 Å². The van der Waals surface area contributed by atoms with Crippen LogP contribution in [-0.4, -0.2) is 36.2 Å². The molecule has 1 aliphatic heterocycles. The maximum absolute atomic E-state index is 11.9. The van der Waals surface area contributed by atoms with E-state index in [0.717, 1.165) is 30.8 Å². The SMILES string of the molecule is CCC1OCCC1CNC(=O)c1ccc(C(=O)O)s1. The van der Waals surface area contributed by atoms with E-state index in [-0.39, 0.29) is 16.9 Å². The molecular formula is C13H17NO4S. The highest BCUT2D eigenvalue weighted by atomic mass is 32.1. The van der Waals surface area contributed by atoms with Crippen LogP contribution < -0.4 is 5.32 Å². The van der Waals surface area contributed by atoms with Gasteiger partial charge in [-0.25, -0.2) is 4.79 Å². The fraction of sp³-hybridized carbons (Fsp3) is 0.538. The van der Waals surface area contributed by atoms with Crippen molar-refractivity contribution in [1.29, 1.82) is 0 Å². The lowest BCUT2D eigenvalue weighted by Gasteiger charge is -2.16. The van der Waals surface area contributed by atoms with E-state index in [0.29, 0.717) is 17.3 Å². The van der Waals surface area contributed by atoms with E-state index in [2.05, 4.69) is 12.2 Å². The van der Waals surface area contributed by atoms with Crippen LogP contribution in [0, 0.1) is 5.92 Å². The smallest absolute Gasteiger partial charge is 0.345 e. The molecule has 1 aromatic heterocycles. The fourth-order valence-corrected chi connectivity index (χ4v) is 3.02. The van der Waals surface area contributed by atoms with Gasteiger partial charge in [0.05, 0.1) is 11.0 Å². The quantitative estimate of drug-likeness (QED) is 0.866. The maximum atomic E-state index is 11.9. The van der Waals surface area contributed by atoms with Crippen molar-refractivity contribution in [2.24, 2.45) is 5.92 Å². The van der Waals surface area contributed by atoms with E-state index in [9.17, 15) is 9.59 Å². The molecule has 1 aromatic rings. The predicted octanol–water partition coefficient (Wildman–Crippen LogP) is 1.99. The van der Waals surface area contributed by atoms with Gasteiger partial charge in [0.25, 0.3) is 5.91 Å². The number of hydrogen-bond acceptors (Lipinski definition) is 4. The van der Waals surface area contributed by atoms with Gasteiger partial charge >= 0.3 is 5.97 Å². The summed E-state index contributed by atoms with van der Waals surface area (Å²) in [4.78, 5) is 23.3. The molecule has 0 bridgehead atoms. The van der Waals surface area contributed by atoms with Gasteiger partial charge in [-0.1, -0.05) is 6.92 Å². The zero-order valence-electron chi connectivity index (χ0n) is 10.7. The molecule has 1 fully saturated rings. The van der Waals surface area contributed by atoms with E-state index in [4.69, 9.17) is 9.84 Å². The Labute approximate surface area is 115 Å². The third kappa shape index (κ3) is 3.33. The standard InChI is InChI=1S/C13H17NO4S/c1-2-9-8(5-6-18-9)7-14-12(15)10-3-4-11(19-10)13(16)17/h3-4,8-9H,2,5-7H2,1H3,(H,14,15)(H,16,17). The van der Waals surface area contributed by atoms with Gasteiger partial charge in [-0.05, 0) is 25.0 Å². The number of carboxylic acids is 1. The molecule has 6 heteroatoms. The van der Waals surface area contributed by atoms with E-state index in [1.54, 1.807) is 6.07 Å². The minimum absolute atomic E-state index is 0.181. The summed E-state index contributed by atoms with van der Waals surface area (Å²) in [5.41, 5.74) is 0. The number of hydrogen-bond donors (Lipinski definition) is 2. The average molecular weight is 283 g/mol. The van der Waals surface area contributed by atoms with Crippen molar-refractivity contribution in [1.82, 2.24) is 5.32 Å². The second-order valence-electron chi connectivity index (χ2n) is 4.55. The fourth-order valence-electron chi connectivity index (χ4n) is 2.26. The number of aromatic carboxylic acids is 1. The zero-order chi connectivity index (χ0) is 13.8. The maximum Gasteiger partial charge on any atom is 0.345 e. The van der Waals surface area contributed by atoms with Crippen molar-refractivity contribution in [2.75, 3.05) is 13.2 Å². The Bertz CT molecular complexity index is 471. The molecule has 2 unspecified atom stereocenters. The minimum Gasteiger partial charge on any atom is -0.477 e. The summed E-state index contributed by atoms with van der Waals surface area (Å²) in [6, 6.07) is 3.00. The molecule has 0 radical (unpaired) electrons. The van der Waals surface area contributed by atoms with E-state index in [1.807, 2.05) is 0 Å². The average Bonchev–Trinajstić information content (AvgIpc) is 3.04. The molecule has 0 spiro atoms. The highest BCUT2D eigenvalue weighted by molar-refractivity contribution is 7.15. The molecule has 1 amide bonds. The topological polar surface area (TPSA) is 75.6 Å². The summed E-state index contributed by atoms with van der Waals surface area (Å²) < 4.78 is 5.56. The van der Waals surface area contributed by atoms with E-state index in [1.165, 1.54) is 6.07 Å². The number of carbonyl (C=O) groups is 2. The molecule has 19 heavy (non-hydrogen) atoms. The van der Waals surface area contributed by atoms with Crippen molar-refractivity contribution in [3.8, 4) is 0 Å². The first-order valence-electron chi connectivity index (χ1n) is 6.34. The summed E-state index contributed by atoms with van der Waals surface area (Å²) in [5.74, 6) is -0.855. The Kier molecular flexibility index (Phi) is 4.55. The molecule has 2 atom stereocenters. The van der Waals surface area contributed by atoms with Crippen LogP contribution in [0.5, 0.6) is 0 Å². The van der Waals surface area contributed by atoms with Crippen LogP contribution in [0.2, 0.25) is 0 Å². The number of thiophene rings is 1. The Morgan fingerprint density at radius 3 is 2.84 bits per heavy atom. The van der Waals surface area contributed by atoms with Gasteiger partial charge in [-0.15, -0.1) is 11.3 Å². The summed E-state index contributed by atoms with van der Waals surface area (Å²) in [7, 11) is 0. The van der Waals surface area contributed by atoms with Crippen LogP contribution in [0.1, 0.15) is 39.1 Å². The third-order valence-corrected chi connectivity index (χ3v) is 4.39. The molecule has 2 heterocycles. The Hall–Kier alpha value is -1.40. The van der Waals surface area contributed by atoms with Crippen LogP contribution in [0.3, 0.4) is 0 Å². The largest absolute Gasteiger partial charge is 0.477 e. The minimum atomic E-state index is -1.00. The van der Waals surface area contributed by atoms with Gasteiger partial charge in [-0.3, -0.25) is 4.79 Å². The summed E-state index contributed by atoms with van der Waals surface area (Å²) >= 11 is 0.995. The number of amides is 1. The Morgan fingerprint density at radius 2 is 2.21 bits per heavy atom. The van der Waals surface area contributed by atoms with Crippen molar-refractivity contribution in [3.05, 3.63) is 21.9 Å². The van der Waals surface area contributed by atoms with Crippen LogP contribution >= 0.6 is 11.3 Å². The van der Waals surface area contributed by atoms with Gasteiger partial charge in [0, 0.05) is 19.1 Å². The second kappa shape index (κ2) is 6.16. The first kappa shape index (κ1) is 14.0. The van der Waals surface area contributed by atoms with Gasteiger partial charge in [0.2, 0.25) is 0 Å². The summed E-state index contributed by atoms with van der Waals surface area (Å²) in [5, 5.41) is 11.7. The lowest BCUT2D eigenvalue weighted by Crippen LogP contribution is -2.32. The number of ether oxygens (including phenoxy) is 1. The highest BCUT2D eigenvalue weighted by Gasteiger charge is 2.27. The van der Waals surface area contributed by atoms with Crippen LogP contribution in [0.15, 0.2) is 12.1 Å². The molecule has 1 aliphatic rings. The number of carbonyl (C=O) groups excluding carboxylic acids is 1. The van der Waals surface area contributed by atoms with Gasteiger partial charge in [0.1, 0.15) is 4.88 Å². The normalized spacial score (nSPS) is 22.4. The predicted molar refractivity (Wildman–Crippen MR) is 71.7 cm³/mol.